The average molecular weight is 216 g/mol. The molecule has 0 unspecified atom stereocenters. The molecule has 82 valence electrons. The summed E-state index contributed by atoms with van der Waals surface area (Å²) >= 11 is 0. The van der Waals surface area contributed by atoms with Crippen molar-refractivity contribution >= 4 is 5.69 Å². The number of hydrogen-bond acceptors (Lipinski definition) is 2. The molecule has 3 heteroatoms. The van der Waals surface area contributed by atoms with E-state index in [-0.39, 0.29) is 11.5 Å². The molecule has 2 N–H and O–H groups in total. The van der Waals surface area contributed by atoms with Crippen molar-refractivity contribution in [2.45, 2.75) is 13.8 Å². The van der Waals surface area contributed by atoms with Crippen LogP contribution in [-0.2, 0) is 0 Å². The lowest BCUT2D eigenvalue weighted by molar-refractivity contribution is 0.632. The fourth-order valence-electron chi connectivity index (χ4n) is 1.73. The van der Waals surface area contributed by atoms with Gasteiger partial charge in [-0.2, -0.15) is 0 Å². The van der Waals surface area contributed by atoms with E-state index in [1.807, 2.05) is 26.0 Å². The number of nitrogen functional groups attached to an aromatic ring is 1. The van der Waals surface area contributed by atoms with E-state index >= 15 is 0 Å². The van der Waals surface area contributed by atoms with Crippen molar-refractivity contribution in [2.75, 3.05) is 5.73 Å². The van der Waals surface area contributed by atoms with Crippen LogP contribution in [0, 0.1) is 19.7 Å². The van der Waals surface area contributed by atoms with Crippen molar-refractivity contribution in [1.29, 1.82) is 0 Å². The zero-order chi connectivity index (χ0) is 11.7. The van der Waals surface area contributed by atoms with Crippen LogP contribution in [-0.4, -0.2) is 4.98 Å². The minimum Gasteiger partial charge on any atom is -0.396 e. The molecule has 0 saturated heterocycles. The summed E-state index contributed by atoms with van der Waals surface area (Å²) in [7, 11) is 0. The Bertz CT molecular complexity index is 535. The second kappa shape index (κ2) is 3.93. The smallest absolute Gasteiger partial charge is 0.146 e. The quantitative estimate of drug-likeness (QED) is 0.744. The first-order chi connectivity index (χ1) is 7.58. The zero-order valence-corrected chi connectivity index (χ0v) is 9.29. The van der Waals surface area contributed by atoms with Gasteiger partial charge in [0.2, 0.25) is 0 Å². The summed E-state index contributed by atoms with van der Waals surface area (Å²) in [4.78, 5) is 4.12. The highest BCUT2D eigenvalue weighted by molar-refractivity contribution is 5.69. The summed E-state index contributed by atoms with van der Waals surface area (Å²) in [5.41, 5.74) is 9.39. The molecule has 1 aromatic heterocycles. The van der Waals surface area contributed by atoms with Crippen molar-refractivity contribution in [1.82, 2.24) is 4.98 Å². The van der Waals surface area contributed by atoms with Gasteiger partial charge in [0.15, 0.2) is 0 Å². The summed E-state index contributed by atoms with van der Waals surface area (Å²) in [5.74, 6) is -0.380. The fourth-order valence-corrected chi connectivity index (χ4v) is 1.73. The fraction of sp³-hybridized carbons (Fsp3) is 0.154. The maximum atomic E-state index is 13.4. The van der Waals surface area contributed by atoms with Crippen molar-refractivity contribution in [2.24, 2.45) is 0 Å². The van der Waals surface area contributed by atoms with Gasteiger partial charge in [-0.15, -0.1) is 0 Å². The standard InChI is InChI=1S/C13H13FN2/c1-8-5-13(15)12(14)7-11(8)10-3-4-16-9(2)6-10/h3-7H,15H2,1-2H3. The summed E-state index contributed by atoms with van der Waals surface area (Å²) in [6.07, 6.45) is 1.72. The van der Waals surface area contributed by atoms with Gasteiger partial charge in [-0.25, -0.2) is 4.39 Å². The second-order valence-electron chi connectivity index (χ2n) is 3.87. The van der Waals surface area contributed by atoms with Crippen LogP contribution in [0.2, 0.25) is 0 Å². The lowest BCUT2D eigenvalue weighted by atomic mass is 10.00. The average Bonchev–Trinajstić information content (AvgIpc) is 2.23. The van der Waals surface area contributed by atoms with E-state index in [4.69, 9.17) is 5.73 Å². The molecule has 1 aromatic carbocycles. The van der Waals surface area contributed by atoms with Crippen LogP contribution in [0.15, 0.2) is 30.5 Å². The predicted molar refractivity (Wildman–Crippen MR) is 63.5 cm³/mol. The second-order valence-corrected chi connectivity index (χ2v) is 3.87. The van der Waals surface area contributed by atoms with E-state index in [2.05, 4.69) is 4.98 Å². The Kier molecular flexibility index (Phi) is 2.60. The van der Waals surface area contributed by atoms with Crippen LogP contribution in [0.25, 0.3) is 11.1 Å². The van der Waals surface area contributed by atoms with Gasteiger partial charge in [0, 0.05) is 11.9 Å². The molecule has 0 spiro atoms. The summed E-state index contributed by atoms with van der Waals surface area (Å²) < 4.78 is 13.4. The molecule has 0 bridgehead atoms. The van der Waals surface area contributed by atoms with Gasteiger partial charge in [0.1, 0.15) is 5.82 Å². The maximum absolute atomic E-state index is 13.4. The lowest BCUT2D eigenvalue weighted by Crippen LogP contribution is -1.94. The molecule has 0 radical (unpaired) electrons. The Labute approximate surface area is 93.9 Å². The molecule has 1 heterocycles. The van der Waals surface area contributed by atoms with Gasteiger partial charge >= 0.3 is 0 Å². The molecule has 0 amide bonds. The van der Waals surface area contributed by atoms with Crippen LogP contribution in [0.3, 0.4) is 0 Å². The first-order valence-electron chi connectivity index (χ1n) is 5.06. The molecule has 0 fully saturated rings. The number of benzene rings is 1. The van der Waals surface area contributed by atoms with E-state index in [0.29, 0.717) is 0 Å². The number of pyridine rings is 1. The summed E-state index contributed by atoms with van der Waals surface area (Å²) in [6.45, 7) is 3.83. The third kappa shape index (κ3) is 1.89. The number of nitrogens with zero attached hydrogens (tertiary/aromatic N) is 1. The van der Waals surface area contributed by atoms with Gasteiger partial charge in [-0.1, -0.05) is 0 Å². The van der Waals surface area contributed by atoms with Crippen molar-refractivity contribution in [3.8, 4) is 11.1 Å². The molecule has 2 nitrogen and oxygen atoms in total. The highest BCUT2D eigenvalue weighted by Crippen LogP contribution is 2.27. The van der Waals surface area contributed by atoms with E-state index in [9.17, 15) is 4.39 Å². The van der Waals surface area contributed by atoms with Crippen molar-refractivity contribution in [3.63, 3.8) is 0 Å². The molecule has 0 aliphatic carbocycles. The van der Waals surface area contributed by atoms with Crippen molar-refractivity contribution < 1.29 is 4.39 Å². The van der Waals surface area contributed by atoms with Gasteiger partial charge < -0.3 is 5.73 Å². The van der Waals surface area contributed by atoms with E-state index in [0.717, 1.165) is 22.4 Å². The Hall–Kier alpha value is -1.90. The molecule has 2 aromatic rings. The topological polar surface area (TPSA) is 38.9 Å². The third-order valence-corrected chi connectivity index (χ3v) is 2.55. The van der Waals surface area contributed by atoms with Gasteiger partial charge in [0.05, 0.1) is 5.69 Å². The Balaban J connectivity index is 2.60. The summed E-state index contributed by atoms with van der Waals surface area (Å²) in [5, 5.41) is 0. The first kappa shape index (κ1) is 10.6. The molecule has 0 atom stereocenters. The van der Waals surface area contributed by atoms with Crippen LogP contribution in [0.5, 0.6) is 0 Å². The molecular formula is C13H13FN2. The predicted octanol–water partition coefficient (Wildman–Crippen LogP) is 3.09. The van der Waals surface area contributed by atoms with Crippen LogP contribution in [0.1, 0.15) is 11.3 Å². The SMILES string of the molecule is Cc1cc(-c2cc(F)c(N)cc2C)ccn1. The number of hydrogen-bond donors (Lipinski definition) is 1. The highest BCUT2D eigenvalue weighted by Gasteiger charge is 2.07. The van der Waals surface area contributed by atoms with E-state index in [1.165, 1.54) is 6.07 Å². The normalized spacial score (nSPS) is 10.4. The molecule has 0 aliphatic heterocycles. The Morgan fingerprint density at radius 1 is 1.19 bits per heavy atom. The minimum atomic E-state index is -0.380. The zero-order valence-electron chi connectivity index (χ0n) is 9.29. The minimum absolute atomic E-state index is 0.187. The molecule has 0 aliphatic rings. The monoisotopic (exact) mass is 216 g/mol. The lowest BCUT2D eigenvalue weighted by Gasteiger charge is -2.08. The highest BCUT2D eigenvalue weighted by atomic mass is 19.1. The van der Waals surface area contributed by atoms with Crippen LogP contribution < -0.4 is 5.73 Å². The van der Waals surface area contributed by atoms with Gasteiger partial charge in [-0.3, -0.25) is 4.98 Å². The molecule has 16 heavy (non-hydrogen) atoms. The number of halogens is 1. The number of anilines is 1. The van der Waals surface area contributed by atoms with E-state index < -0.39 is 0 Å². The number of aryl methyl sites for hydroxylation is 2. The molecule has 2 rings (SSSR count). The van der Waals surface area contributed by atoms with E-state index in [1.54, 1.807) is 12.3 Å². The largest absolute Gasteiger partial charge is 0.396 e. The van der Waals surface area contributed by atoms with Crippen LogP contribution >= 0.6 is 0 Å². The van der Waals surface area contributed by atoms with Crippen LogP contribution in [0.4, 0.5) is 10.1 Å². The number of nitrogens with two attached hydrogens (primary N) is 1. The number of rotatable bonds is 1. The van der Waals surface area contributed by atoms with Crippen molar-refractivity contribution in [3.05, 3.63) is 47.5 Å². The maximum Gasteiger partial charge on any atom is 0.146 e. The first-order valence-corrected chi connectivity index (χ1v) is 5.06. The van der Waals surface area contributed by atoms with Gasteiger partial charge in [0.25, 0.3) is 0 Å². The summed E-state index contributed by atoms with van der Waals surface area (Å²) in [6, 6.07) is 6.92. The Morgan fingerprint density at radius 3 is 2.62 bits per heavy atom. The number of aromatic nitrogens is 1. The Morgan fingerprint density at radius 2 is 1.94 bits per heavy atom. The third-order valence-electron chi connectivity index (χ3n) is 2.55. The molecular weight excluding hydrogens is 203 g/mol. The van der Waals surface area contributed by atoms with Gasteiger partial charge in [-0.05, 0) is 54.8 Å². The molecule has 0 saturated carbocycles.